The zero-order valence-electron chi connectivity index (χ0n) is 13.1. The zero-order valence-corrected chi connectivity index (χ0v) is 13.1. The first-order valence-electron chi connectivity index (χ1n) is 8.51. The van der Waals surface area contributed by atoms with Gasteiger partial charge in [-0.15, -0.1) is 0 Å². The van der Waals surface area contributed by atoms with E-state index in [1.54, 1.807) is 0 Å². The molecule has 1 aliphatic heterocycles. The van der Waals surface area contributed by atoms with Crippen LogP contribution in [0.3, 0.4) is 0 Å². The topological polar surface area (TPSA) is 66.5 Å². The van der Waals surface area contributed by atoms with Gasteiger partial charge < -0.3 is 0 Å². The van der Waals surface area contributed by atoms with Gasteiger partial charge >= 0.3 is 0 Å². The number of carbonyl (C=O) groups is 3. The van der Waals surface area contributed by atoms with Crippen molar-refractivity contribution in [3.63, 3.8) is 0 Å². The molecule has 3 aliphatic carbocycles. The van der Waals surface area contributed by atoms with E-state index in [4.69, 9.17) is 0 Å². The molecule has 1 heterocycles. The number of imide groups is 1. The smallest absolute Gasteiger partial charge is 0.252 e. The van der Waals surface area contributed by atoms with Crippen molar-refractivity contribution in [2.45, 2.75) is 19.3 Å². The Bertz CT molecular complexity index is 747. The summed E-state index contributed by atoms with van der Waals surface area (Å²) in [4.78, 5) is 37.7. The van der Waals surface area contributed by atoms with Crippen LogP contribution in [-0.4, -0.2) is 22.7 Å². The van der Waals surface area contributed by atoms with Gasteiger partial charge in [-0.1, -0.05) is 42.5 Å². The second kappa shape index (κ2) is 4.56. The van der Waals surface area contributed by atoms with Gasteiger partial charge in [0.15, 0.2) is 0 Å². The number of benzene rings is 1. The Labute approximate surface area is 139 Å². The van der Waals surface area contributed by atoms with Gasteiger partial charge in [-0.3, -0.25) is 19.8 Å². The summed E-state index contributed by atoms with van der Waals surface area (Å²) in [5.41, 5.74) is 3.58. The zero-order chi connectivity index (χ0) is 16.5. The Balaban J connectivity index is 1.33. The number of nitrogens with zero attached hydrogens (tertiary/aromatic N) is 1. The number of nitrogens with one attached hydrogen (secondary N) is 1. The van der Waals surface area contributed by atoms with Crippen LogP contribution in [0, 0.1) is 29.1 Å². The number of hydrazine groups is 1. The third-order valence-corrected chi connectivity index (χ3v) is 6.30. The first kappa shape index (κ1) is 14.0. The first-order valence-corrected chi connectivity index (χ1v) is 8.51. The molecule has 4 aliphatic rings. The minimum atomic E-state index is -0.329. The third-order valence-electron chi connectivity index (χ3n) is 6.30. The highest BCUT2D eigenvalue weighted by molar-refractivity contribution is 6.07. The van der Waals surface area contributed by atoms with Gasteiger partial charge in [0.2, 0.25) is 5.91 Å². The fourth-order valence-corrected chi connectivity index (χ4v) is 5.13. The van der Waals surface area contributed by atoms with Crippen LogP contribution >= 0.6 is 0 Å². The standard InChI is InChI=1S/C19H18N2O3/c22-14(10-11-4-2-1-3-5-11)20-21-17(23)15-12-6-7-13(16(15)18(21)24)19(12)8-9-19/h1-7,12-13,15-16H,8-10H2,(H,20,22)/t12?,13?,15-,16?/m1/s1. The highest BCUT2D eigenvalue weighted by Crippen LogP contribution is 2.73. The predicted octanol–water partition coefficient (Wildman–Crippen LogP) is 1.46. The van der Waals surface area contributed by atoms with Gasteiger partial charge in [0.05, 0.1) is 18.3 Å². The highest BCUT2D eigenvalue weighted by atomic mass is 16.2. The molecule has 3 fully saturated rings. The van der Waals surface area contributed by atoms with Crippen molar-refractivity contribution in [2.24, 2.45) is 29.1 Å². The van der Waals surface area contributed by atoms with E-state index in [0.29, 0.717) is 0 Å². The van der Waals surface area contributed by atoms with E-state index in [1.807, 2.05) is 30.3 Å². The molecule has 24 heavy (non-hydrogen) atoms. The van der Waals surface area contributed by atoms with Crippen LogP contribution in [0.5, 0.6) is 0 Å². The molecule has 4 atom stereocenters. The molecular formula is C19H18N2O3. The first-order chi connectivity index (χ1) is 11.6. The van der Waals surface area contributed by atoms with Crippen LogP contribution in [0.4, 0.5) is 0 Å². The van der Waals surface area contributed by atoms with E-state index in [-0.39, 0.29) is 53.2 Å². The highest BCUT2D eigenvalue weighted by Gasteiger charge is 2.73. The van der Waals surface area contributed by atoms with Crippen LogP contribution in [0.25, 0.3) is 0 Å². The van der Waals surface area contributed by atoms with Gasteiger partial charge in [0, 0.05) is 0 Å². The number of rotatable bonds is 3. The molecule has 5 heteroatoms. The van der Waals surface area contributed by atoms with E-state index in [0.717, 1.165) is 23.4 Å². The lowest BCUT2D eigenvalue weighted by Crippen LogP contribution is -2.48. The average Bonchev–Trinajstić information content (AvgIpc) is 3.19. The number of hydrogen-bond acceptors (Lipinski definition) is 3. The lowest BCUT2D eigenvalue weighted by Gasteiger charge is -2.22. The van der Waals surface area contributed by atoms with Crippen LogP contribution < -0.4 is 5.43 Å². The molecule has 3 amide bonds. The molecule has 1 aromatic carbocycles. The summed E-state index contributed by atoms with van der Waals surface area (Å²) in [6, 6.07) is 9.30. The summed E-state index contributed by atoms with van der Waals surface area (Å²) < 4.78 is 0. The van der Waals surface area contributed by atoms with E-state index in [9.17, 15) is 14.4 Å². The summed E-state index contributed by atoms with van der Waals surface area (Å²) >= 11 is 0. The summed E-state index contributed by atoms with van der Waals surface area (Å²) in [6.07, 6.45) is 6.63. The number of fused-ring (bicyclic) bond motifs is 3. The van der Waals surface area contributed by atoms with Gasteiger partial charge in [0.1, 0.15) is 0 Å². The van der Waals surface area contributed by atoms with Crippen molar-refractivity contribution in [1.82, 2.24) is 10.4 Å². The molecular weight excluding hydrogens is 304 g/mol. The maximum Gasteiger partial charge on any atom is 0.252 e. The van der Waals surface area contributed by atoms with Crippen molar-refractivity contribution < 1.29 is 14.4 Å². The van der Waals surface area contributed by atoms with Gasteiger partial charge in [-0.05, 0) is 35.7 Å². The van der Waals surface area contributed by atoms with Gasteiger partial charge in [-0.25, -0.2) is 0 Å². The minimum absolute atomic E-state index is 0.155. The number of amides is 3. The van der Waals surface area contributed by atoms with E-state index in [2.05, 4.69) is 17.6 Å². The molecule has 1 N–H and O–H groups in total. The molecule has 1 saturated heterocycles. The minimum Gasteiger partial charge on any atom is -0.273 e. The van der Waals surface area contributed by atoms with Crippen molar-refractivity contribution >= 4 is 17.7 Å². The molecule has 2 saturated carbocycles. The molecule has 0 radical (unpaired) electrons. The molecule has 2 bridgehead atoms. The van der Waals surface area contributed by atoms with Crippen LogP contribution in [-0.2, 0) is 20.8 Å². The predicted molar refractivity (Wildman–Crippen MR) is 84.9 cm³/mol. The van der Waals surface area contributed by atoms with Crippen molar-refractivity contribution in [1.29, 1.82) is 0 Å². The van der Waals surface area contributed by atoms with Crippen molar-refractivity contribution in [2.75, 3.05) is 0 Å². The molecule has 122 valence electrons. The van der Waals surface area contributed by atoms with Crippen molar-refractivity contribution in [3.8, 4) is 0 Å². The summed E-state index contributed by atoms with van der Waals surface area (Å²) in [5.74, 6) is -0.965. The van der Waals surface area contributed by atoms with Crippen LogP contribution in [0.2, 0.25) is 0 Å². The lowest BCUT2D eigenvalue weighted by atomic mass is 9.85. The SMILES string of the molecule is O=C(Cc1ccccc1)NN1C(=O)C2C3C=CC([C@H]2C1=O)C31CC1. The van der Waals surface area contributed by atoms with Crippen molar-refractivity contribution in [3.05, 3.63) is 48.0 Å². The van der Waals surface area contributed by atoms with Crippen LogP contribution in [0.15, 0.2) is 42.5 Å². The second-order valence-electron chi connectivity index (χ2n) is 7.43. The molecule has 5 nitrogen and oxygen atoms in total. The summed E-state index contributed by atoms with van der Waals surface area (Å²) in [6.45, 7) is 0. The lowest BCUT2D eigenvalue weighted by molar-refractivity contribution is -0.150. The largest absolute Gasteiger partial charge is 0.273 e. The Morgan fingerprint density at radius 3 is 2.17 bits per heavy atom. The van der Waals surface area contributed by atoms with Gasteiger partial charge in [0.25, 0.3) is 11.8 Å². The Morgan fingerprint density at radius 2 is 1.62 bits per heavy atom. The Kier molecular flexibility index (Phi) is 2.65. The number of carbonyl (C=O) groups excluding carboxylic acids is 3. The number of allylic oxidation sites excluding steroid dienone is 2. The average molecular weight is 322 g/mol. The fourth-order valence-electron chi connectivity index (χ4n) is 5.13. The normalized spacial score (nSPS) is 34.1. The van der Waals surface area contributed by atoms with Crippen LogP contribution in [0.1, 0.15) is 18.4 Å². The molecule has 1 aromatic rings. The third kappa shape index (κ3) is 1.67. The van der Waals surface area contributed by atoms with E-state index < -0.39 is 0 Å². The molecule has 5 rings (SSSR count). The van der Waals surface area contributed by atoms with E-state index in [1.165, 1.54) is 0 Å². The molecule has 1 spiro atoms. The summed E-state index contributed by atoms with van der Waals surface area (Å²) in [7, 11) is 0. The monoisotopic (exact) mass is 322 g/mol. The number of hydrogen-bond donors (Lipinski definition) is 1. The maximum absolute atomic E-state index is 12.7. The molecule has 0 aromatic heterocycles. The Hall–Kier alpha value is -2.43. The van der Waals surface area contributed by atoms with E-state index >= 15 is 0 Å². The fraction of sp³-hybridized carbons (Fsp3) is 0.421. The second-order valence-corrected chi connectivity index (χ2v) is 7.43. The maximum atomic E-state index is 12.7. The summed E-state index contributed by atoms with van der Waals surface area (Å²) in [5, 5.41) is 0.989. The quantitative estimate of drug-likeness (QED) is 0.677. The molecule has 3 unspecified atom stereocenters. The van der Waals surface area contributed by atoms with Gasteiger partial charge in [-0.2, -0.15) is 5.01 Å². The Morgan fingerprint density at radius 1 is 1.04 bits per heavy atom.